The summed E-state index contributed by atoms with van der Waals surface area (Å²) in [5.41, 5.74) is 1.21. The highest BCUT2D eigenvalue weighted by Crippen LogP contribution is 2.21. The molecule has 0 atom stereocenters. The summed E-state index contributed by atoms with van der Waals surface area (Å²) in [6, 6.07) is 6.29. The van der Waals surface area contributed by atoms with Crippen LogP contribution >= 0.6 is 0 Å². The number of nitrogens with zero attached hydrogens (tertiary/aromatic N) is 2. The van der Waals surface area contributed by atoms with Crippen molar-refractivity contribution in [1.82, 2.24) is 4.98 Å². The number of aromatic nitrogens is 1. The molecule has 1 N–H and O–H groups in total. The van der Waals surface area contributed by atoms with Gasteiger partial charge in [-0.1, -0.05) is 6.07 Å². The smallest absolute Gasteiger partial charge is 0.290 e. The third kappa shape index (κ3) is 3.69. The average molecular weight is 305 g/mol. The lowest BCUT2D eigenvalue weighted by atomic mass is 10.2. The summed E-state index contributed by atoms with van der Waals surface area (Å²) in [6.45, 7) is 4.19. The van der Waals surface area contributed by atoms with Crippen molar-refractivity contribution >= 4 is 11.5 Å². The van der Waals surface area contributed by atoms with E-state index in [1.54, 1.807) is 32.0 Å². The summed E-state index contributed by atoms with van der Waals surface area (Å²) in [5.74, 6) is 0.293. The standard InChI is InChI=1S/C15H16FN3O3/c1-3-22-14-5-4-11(7-12(14)16)8-17-15-6-10(2)13(9-18-15)19(20)21/h4-7,9H,3,8H2,1-2H3,(H,17,18). The van der Waals surface area contributed by atoms with E-state index in [9.17, 15) is 14.5 Å². The third-order valence-electron chi connectivity index (χ3n) is 3.05. The number of aryl methyl sites for hydroxylation is 1. The van der Waals surface area contributed by atoms with Crippen molar-refractivity contribution in [2.24, 2.45) is 0 Å². The molecule has 0 aliphatic rings. The fraction of sp³-hybridized carbons (Fsp3) is 0.267. The molecule has 0 amide bonds. The van der Waals surface area contributed by atoms with Crippen LogP contribution < -0.4 is 10.1 Å². The minimum Gasteiger partial charge on any atom is -0.491 e. The van der Waals surface area contributed by atoms with E-state index in [-0.39, 0.29) is 11.4 Å². The van der Waals surface area contributed by atoms with Gasteiger partial charge in [-0.3, -0.25) is 10.1 Å². The van der Waals surface area contributed by atoms with E-state index in [1.807, 2.05) is 0 Å². The number of hydrogen-bond acceptors (Lipinski definition) is 5. The summed E-state index contributed by atoms with van der Waals surface area (Å²) < 4.78 is 18.9. The highest BCUT2D eigenvalue weighted by molar-refractivity contribution is 5.47. The van der Waals surface area contributed by atoms with Crippen molar-refractivity contribution in [2.45, 2.75) is 20.4 Å². The molecule has 0 bridgehead atoms. The van der Waals surface area contributed by atoms with E-state index in [0.717, 1.165) is 5.56 Å². The van der Waals surface area contributed by atoms with Crippen molar-refractivity contribution in [1.29, 1.82) is 0 Å². The predicted molar refractivity (Wildman–Crippen MR) is 80.5 cm³/mol. The van der Waals surface area contributed by atoms with Crippen LogP contribution in [0, 0.1) is 22.9 Å². The van der Waals surface area contributed by atoms with Crippen LogP contribution in [0.15, 0.2) is 30.5 Å². The normalized spacial score (nSPS) is 10.3. The number of hydrogen-bond donors (Lipinski definition) is 1. The van der Waals surface area contributed by atoms with Crippen LogP contribution in [0.25, 0.3) is 0 Å². The second-order valence-corrected chi connectivity index (χ2v) is 4.66. The van der Waals surface area contributed by atoms with Gasteiger partial charge < -0.3 is 10.1 Å². The van der Waals surface area contributed by atoms with Gasteiger partial charge in [-0.15, -0.1) is 0 Å². The Balaban J connectivity index is 2.05. The molecule has 22 heavy (non-hydrogen) atoms. The summed E-state index contributed by atoms with van der Waals surface area (Å²) >= 11 is 0. The zero-order valence-electron chi connectivity index (χ0n) is 12.3. The molecular weight excluding hydrogens is 289 g/mol. The highest BCUT2D eigenvalue weighted by Gasteiger charge is 2.11. The number of benzene rings is 1. The van der Waals surface area contributed by atoms with E-state index in [1.165, 1.54) is 12.3 Å². The van der Waals surface area contributed by atoms with Crippen molar-refractivity contribution < 1.29 is 14.1 Å². The van der Waals surface area contributed by atoms with Crippen molar-refractivity contribution in [3.05, 3.63) is 57.5 Å². The van der Waals surface area contributed by atoms with Gasteiger partial charge >= 0.3 is 0 Å². The maximum absolute atomic E-state index is 13.7. The highest BCUT2D eigenvalue weighted by atomic mass is 19.1. The first kappa shape index (κ1) is 15.7. The van der Waals surface area contributed by atoms with Crippen LogP contribution in [-0.2, 0) is 6.54 Å². The number of anilines is 1. The minimum absolute atomic E-state index is 0.0299. The molecule has 6 nitrogen and oxygen atoms in total. The van der Waals surface area contributed by atoms with Gasteiger partial charge in [-0.05, 0) is 37.6 Å². The second-order valence-electron chi connectivity index (χ2n) is 4.66. The Hall–Kier alpha value is -2.70. The van der Waals surface area contributed by atoms with Crippen molar-refractivity contribution in [2.75, 3.05) is 11.9 Å². The fourth-order valence-corrected chi connectivity index (χ4v) is 1.96. The SMILES string of the molecule is CCOc1ccc(CNc2cc(C)c([N+](=O)[O-])cn2)cc1F. The minimum atomic E-state index is -0.478. The van der Waals surface area contributed by atoms with E-state index >= 15 is 0 Å². The first-order chi connectivity index (χ1) is 10.5. The number of pyridine rings is 1. The Bertz CT molecular complexity index is 692. The number of halogens is 1. The first-order valence-electron chi connectivity index (χ1n) is 6.77. The Morgan fingerprint density at radius 3 is 2.77 bits per heavy atom. The maximum Gasteiger partial charge on any atom is 0.290 e. The second kappa shape index (κ2) is 6.84. The molecule has 2 rings (SSSR count). The molecule has 0 aliphatic heterocycles. The van der Waals surface area contributed by atoms with Crippen LogP contribution in [0.4, 0.5) is 15.9 Å². The molecule has 0 spiro atoms. The topological polar surface area (TPSA) is 77.3 Å². The van der Waals surface area contributed by atoms with Crippen LogP contribution in [0.1, 0.15) is 18.1 Å². The van der Waals surface area contributed by atoms with Gasteiger partial charge in [0.1, 0.15) is 12.0 Å². The molecule has 0 fully saturated rings. The largest absolute Gasteiger partial charge is 0.491 e. The molecule has 0 saturated carbocycles. The van der Waals surface area contributed by atoms with Gasteiger partial charge in [0.05, 0.1) is 11.5 Å². The molecule has 0 unspecified atom stereocenters. The number of ether oxygens (including phenoxy) is 1. The Morgan fingerprint density at radius 1 is 1.41 bits per heavy atom. The van der Waals surface area contributed by atoms with Gasteiger partial charge in [0.15, 0.2) is 11.6 Å². The Labute approximate surface area is 127 Å². The van der Waals surface area contributed by atoms with Gasteiger partial charge in [-0.2, -0.15) is 0 Å². The summed E-state index contributed by atoms with van der Waals surface area (Å²) in [5, 5.41) is 13.7. The Kier molecular flexibility index (Phi) is 4.88. The van der Waals surface area contributed by atoms with Crippen LogP contribution in [-0.4, -0.2) is 16.5 Å². The van der Waals surface area contributed by atoms with Gasteiger partial charge in [-0.25, -0.2) is 9.37 Å². The third-order valence-corrected chi connectivity index (χ3v) is 3.05. The van der Waals surface area contributed by atoms with E-state index in [4.69, 9.17) is 4.74 Å². The predicted octanol–water partition coefficient (Wildman–Crippen LogP) is 3.45. The van der Waals surface area contributed by atoms with Crippen LogP contribution in [0.2, 0.25) is 0 Å². The maximum atomic E-state index is 13.7. The molecule has 1 aromatic carbocycles. The van der Waals surface area contributed by atoms with E-state index in [0.29, 0.717) is 24.5 Å². The zero-order valence-corrected chi connectivity index (χ0v) is 12.3. The van der Waals surface area contributed by atoms with Crippen molar-refractivity contribution in [3.8, 4) is 5.75 Å². The summed E-state index contributed by atoms with van der Waals surface area (Å²) in [6.07, 6.45) is 1.20. The summed E-state index contributed by atoms with van der Waals surface area (Å²) in [7, 11) is 0. The zero-order chi connectivity index (χ0) is 16.1. The lowest BCUT2D eigenvalue weighted by molar-refractivity contribution is -0.385. The van der Waals surface area contributed by atoms with E-state index < -0.39 is 10.7 Å². The lowest BCUT2D eigenvalue weighted by Crippen LogP contribution is -2.04. The van der Waals surface area contributed by atoms with Gasteiger partial charge in [0.25, 0.3) is 5.69 Å². The van der Waals surface area contributed by atoms with E-state index in [2.05, 4.69) is 10.3 Å². The van der Waals surface area contributed by atoms with Crippen molar-refractivity contribution in [3.63, 3.8) is 0 Å². The number of nitrogens with one attached hydrogen (secondary N) is 1. The average Bonchev–Trinajstić information content (AvgIpc) is 2.47. The van der Waals surface area contributed by atoms with Crippen LogP contribution in [0.3, 0.4) is 0 Å². The molecule has 1 aromatic heterocycles. The molecule has 0 saturated heterocycles. The van der Waals surface area contributed by atoms with Gasteiger partial charge in [0, 0.05) is 12.1 Å². The molecule has 0 radical (unpaired) electrons. The van der Waals surface area contributed by atoms with Gasteiger partial charge in [0.2, 0.25) is 0 Å². The first-order valence-corrected chi connectivity index (χ1v) is 6.77. The quantitative estimate of drug-likeness (QED) is 0.653. The fourth-order valence-electron chi connectivity index (χ4n) is 1.96. The molecule has 0 aliphatic carbocycles. The Morgan fingerprint density at radius 2 is 2.18 bits per heavy atom. The number of nitro groups is 1. The molecule has 1 heterocycles. The lowest BCUT2D eigenvalue weighted by Gasteiger charge is -2.09. The molecule has 7 heteroatoms. The molecule has 116 valence electrons. The number of rotatable bonds is 6. The monoisotopic (exact) mass is 305 g/mol. The van der Waals surface area contributed by atoms with Crippen LogP contribution in [0.5, 0.6) is 5.75 Å². The molecule has 2 aromatic rings. The molecular formula is C15H16FN3O3. The summed E-state index contributed by atoms with van der Waals surface area (Å²) in [4.78, 5) is 14.2.